The van der Waals surface area contributed by atoms with Crippen LogP contribution in [-0.2, 0) is 11.3 Å². The Balaban J connectivity index is 2.31. The lowest BCUT2D eigenvalue weighted by Crippen LogP contribution is -2.04. The second-order valence-corrected chi connectivity index (χ2v) is 4.69. The molecule has 15 heavy (non-hydrogen) atoms. The maximum atomic E-state index is 11.1. The van der Waals surface area contributed by atoms with Gasteiger partial charge in [-0.05, 0) is 18.4 Å². The van der Waals surface area contributed by atoms with Crippen molar-refractivity contribution in [2.75, 3.05) is 0 Å². The Morgan fingerprint density at radius 1 is 1.67 bits per heavy atom. The molecule has 0 saturated heterocycles. The molecule has 1 aromatic heterocycles. The van der Waals surface area contributed by atoms with E-state index in [1.807, 2.05) is 31.5 Å². The van der Waals surface area contributed by atoms with Crippen LogP contribution in [0.15, 0.2) is 12.3 Å². The predicted octanol–water partition coefficient (Wildman–Crippen LogP) is 1.73. The molecule has 4 nitrogen and oxygen atoms in total. The van der Waals surface area contributed by atoms with Gasteiger partial charge < -0.3 is 5.11 Å². The van der Waals surface area contributed by atoms with Crippen LogP contribution in [0.25, 0.3) is 0 Å². The third-order valence-electron chi connectivity index (χ3n) is 3.46. The molecule has 2 unspecified atom stereocenters. The van der Waals surface area contributed by atoms with Gasteiger partial charge in [0, 0.05) is 24.4 Å². The molecular weight excluding hydrogens is 192 g/mol. The zero-order valence-corrected chi connectivity index (χ0v) is 9.27. The highest BCUT2D eigenvalue weighted by Gasteiger charge is 2.63. The summed E-state index contributed by atoms with van der Waals surface area (Å²) in [5.41, 5.74) is 0.911. The number of aryl methyl sites for hydroxylation is 1. The van der Waals surface area contributed by atoms with E-state index in [0.29, 0.717) is 0 Å². The van der Waals surface area contributed by atoms with Crippen molar-refractivity contribution in [3.05, 3.63) is 18.0 Å². The molecule has 1 heterocycles. The summed E-state index contributed by atoms with van der Waals surface area (Å²) < 4.78 is 1.88. The fourth-order valence-corrected chi connectivity index (χ4v) is 2.52. The number of hydrogen-bond donors (Lipinski definition) is 1. The van der Waals surface area contributed by atoms with Crippen molar-refractivity contribution in [2.24, 2.45) is 11.3 Å². The minimum Gasteiger partial charge on any atom is -0.481 e. The van der Waals surface area contributed by atoms with Gasteiger partial charge in [0.2, 0.25) is 0 Å². The molecule has 1 aliphatic rings. The Hall–Kier alpha value is -1.32. The average Bonchev–Trinajstić information content (AvgIpc) is 2.58. The van der Waals surface area contributed by atoms with Crippen molar-refractivity contribution < 1.29 is 9.90 Å². The molecule has 1 N–H and O–H groups in total. The van der Waals surface area contributed by atoms with Crippen molar-refractivity contribution in [3.8, 4) is 0 Å². The summed E-state index contributed by atoms with van der Waals surface area (Å²) in [4.78, 5) is 11.1. The lowest BCUT2D eigenvalue weighted by molar-refractivity contribution is -0.139. The van der Waals surface area contributed by atoms with Gasteiger partial charge in [0.25, 0.3) is 0 Å². The van der Waals surface area contributed by atoms with Crippen LogP contribution in [0, 0.1) is 11.3 Å². The number of hydrogen-bond acceptors (Lipinski definition) is 2. The van der Waals surface area contributed by atoms with E-state index in [1.54, 1.807) is 6.20 Å². The van der Waals surface area contributed by atoms with Crippen molar-refractivity contribution in [2.45, 2.75) is 33.2 Å². The van der Waals surface area contributed by atoms with Gasteiger partial charge >= 0.3 is 5.97 Å². The Morgan fingerprint density at radius 2 is 2.33 bits per heavy atom. The van der Waals surface area contributed by atoms with Gasteiger partial charge in [0.05, 0.1) is 5.92 Å². The van der Waals surface area contributed by atoms with E-state index in [9.17, 15) is 4.79 Å². The SMILES string of the molecule is CCn1nccc1C1C(C(=O)O)C1(C)C. The van der Waals surface area contributed by atoms with Crippen LogP contribution in [0.2, 0.25) is 0 Å². The Bertz CT molecular complexity index is 395. The smallest absolute Gasteiger partial charge is 0.307 e. The predicted molar refractivity (Wildman–Crippen MR) is 55.5 cm³/mol. The molecule has 1 aliphatic carbocycles. The van der Waals surface area contributed by atoms with Crippen molar-refractivity contribution in [3.63, 3.8) is 0 Å². The van der Waals surface area contributed by atoms with Crippen LogP contribution in [0.3, 0.4) is 0 Å². The number of carboxylic acids is 1. The standard InChI is InChI=1S/C11H16N2O2/c1-4-13-7(5-6-12-13)8-9(10(14)15)11(8,2)3/h5-6,8-9H,4H2,1-3H3,(H,14,15). The van der Waals surface area contributed by atoms with E-state index in [4.69, 9.17) is 5.11 Å². The molecule has 0 spiro atoms. The molecule has 2 rings (SSSR count). The molecule has 1 aromatic rings. The topological polar surface area (TPSA) is 55.1 Å². The minimum absolute atomic E-state index is 0.109. The van der Waals surface area contributed by atoms with Crippen molar-refractivity contribution >= 4 is 5.97 Å². The van der Waals surface area contributed by atoms with Crippen molar-refractivity contribution in [1.82, 2.24) is 9.78 Å². The van der Waals surface area contributed by atoms with Crippen LogP contribution in [-0.4, -0.2) is 20.9 Å². The third-order valence-corrected chi connectivity index (χ3v) is 3.46. The van der Waals surface area contributed by atoms with Crippen molar-refractivity contribution in [1.29, 1.82) is 0 Å². The third kappa shape index (κ3) is 1.35. The first-order valence-corrected chi connectivity index (χ1v) is 5.24. The second kappa shape index (κ2) is 3.08. The first-order chi connectivity index (χ1) is 7.00. The van der Waals surface area contributed by atoms with E-state index < -0.39 is 5.97 Å². The van der Waals surface area contributed by atoms with E-state index in [-0.39, 0.29) is 17.3 Å². The van der Waals surface area contributed by atoms with E-state index in [0.717, 1.165) is 12.2 Å². The van der Waals surface area contributed by atoms with Crippen LogP contribution in [0.1, 0.15) is 32.4 Å². The first kappa shape index (κ1) is 10.2. The van der Waals surface area contributed by atoms with Gasteiger partial charge in [-0.2, -0.15) is 5.10 Å². The quantitative estimate of drug-likeness (QED) is 0.823. The van der Waals surface area contributed by atoms with Crippen LogP contribution < -0.4 is 0 Å². The summed E-state index contributed by atoms with van der Waals surface area (Å²) in [5, 5.41) is 13.3. The zero-order chi connectivity index (χ0) is 11.2. The maximum absolute atomic E-state index is 11.1. The van der Waals surface area contributed by atoms with Gasteiger partial charge in [-0.15, -0.1) is 0 Å². The Kier molecular flexibility index (Phi) is 2.10. The fraction of sp³-hybridized carbons (Fsp3) is 0.636. The summed E-state index contributed by atoms with van der Waals surface area (Å²) >= 11 is 0. The lowest BCUT2D eigenvalue weighted by Gasteiger charge is -2.05. The average molecular weight is 208 g/mol. The molecule has 82 valence electrons. The number of rotatable bonds is 3. The number of carboxylic acid groups (broad SMARTS) is 1. The molecule has 0 radical (unpaired) electrons. The molecule has 0 amide bonds. The number of aliphatic carboxylic acids is 1. The second-order valence-electron chi connectivity index (χ2n) is 4.69. The number of carbonyl (C=O) groups is 1. The van der Waals surface area contributed by atoms with E-state index >= 15 is 0 Å². The lowest BCUT2D eigenvalue weighted by atomic mass is 10.1. The van der Waals surface area contributed by atoms with Crippen LogP contribution in [0.4, 0.5) is 0 Å². The molecule has 0 aliphatic heterocycles. The number of aromatic nitrogens is 2. The molecule has 4 heteroatoms. The maximum Gasteiger partial charge on any atom is 0.307 e. The molecular formula is C11H16N2O2. The van der Waals surface area contributed by atoms with Crippen LogP contribution >= 0.6 is 0 Å². The molecule has 1 saturated carbocycles. The van der Waals surface area contributed by atoms with Gasteiger partial charge in [0.15, 0.2) is 0 Å². The Morgan fingerprint density at radius 3 is 2.80 bits per heavy atom. The largest absolute Gasteiger partial charge is 0.481 e. The van der Waals surface area contributed by atoms with E-state index in [2.05, 4.69) is 5.10 Å². The number of nitrogens with zero attached hydrogens (tertiary/aromatic N) is 2. The van der Waals surface area contributed by atoms with Gasteiger partial charge in [-0.25, -0.2) is 0 Å². The fourth-order valence-electron chi connectivity index (χ4n) is 2.52. The van der Waals surface area contributed by atoms with E-state index in [1.165, 1.54) is 0 Å². The highest BCUT2D eigenvalue weighted by Crippen LogP contribution is 2.64. The summed E-state index contributed by atoms with van der Waals surface area (Å²) in [6, 6.07) is 1.93. The van der Waals surface area contributed by atoms with Gasteiger partial charge in [0.1, 0.15) is 0 Å². The van der Waals surface area contributed by atoms with Gasteiger partial charge in [-0.1, -0.05) is 13.8 Å². The first-order valence-electron chi connectivity index (χ1n) is 5.24. The van der Waals surface area contributed by atoms with Gasteiger partial charge in [-0.3, -0.25) is 9.48 Å². The summed E-state index contributed by atoms with van der Waals surface area (Å²) in [6.45, 7) is 6.82. The zero-order valence-electron chi connectivity index (χ0n) is 9.27. The molecule has 0 aromatic carbocycles. The normalized spacial score (nSPS) is 27.7. The highest BCUT2D eigenvalue weighted by atomic mass is 16.4. The molecule has 1 fully saturated rings. The molecule has 2 atom stereocenters. The summed E-state index contributed by atoms with van der Waals surface area (Å²) in [6.07, 6.45) is 1.74. The Labute approximate surface area is 88.9 Å². The summed E-state index contributed by atoms with van der Waals surface area (Å²) in [5.74, 6) is -0.856. The summed E-state index contributed by atoms with van der Waals surface area (Å²) in [7, 11) is 0. The monoisotopic (exact) mass is 208 g/mol. The highest BCUT2D eigenvalue weighted by molar-refractivity contribution is 5.77. The minimum atomic E-state index is -0.700. The van der Waals surface area contributed by atoms with Crippen LogP contribution in [0.5, 0.6) is 0 Å². The molecule has 0 bridgehead atoms.